The molecule has 3 aromatic carbocycles. The van der Waals surface area contributed by atoms with Crippen molar-refractivity contribution in [2.75, 3.05) is 0 Å². The number of phenolic OH excluding ortho intramolecular Hbond substituents is 1. The number of halogens is 4. The van der Waals surface area contributed by atoms with E-state index in [9.17, 15) is 22.7 Å². The Labute approximate surface area is 163 Å². The highest BCUT2D eigenvalue weighted by molar-refractivity contribution is 6.07. The van der Waals surface area contributed by atoms with Crippen molar-refractivity contribution in [3.05, 3.63) is 77.1 Å². The van der Waals surface area contributed by atoms with Gasteiger partial charge in [-0.3, -0.25) is 0 Å². The number of amidine groups is 1. The van der Waals surface area contributed by atoms with E-state index in [1.807, 2.05) is 0 Å². The highest BCUT2D eigenvalue weighted by Gasteiger charge is 2.33. The maximum Gasteiger partial charge on any atom is 0.416 e. The van der Waals surface area contributed by atoms with E-state index in [0.29, 0.717) is 16.7 Å². The third kappa shape index (κ3) is 4.01. The van der Waals surface area contributed by atoms with Crippen LogP contribution < -0.4 is 5.73 Å². The number of aromatic hydroxyl groups is 1. The second-order valence-electron chi connectivity index (χ2n) is 6.44. The molecule has 0 bridgehead atoms. The molecule has 0 aliphatic heterocycles. The van der Waals surface area contributed by atoms with E-state index < -0.39 is 23.4 Å². The fourth-order valence-corrected chi connectivity index (χ4v) is 3.08. The van der Waals surface area contributed by atoms with Gasteiger partial charge in [-0.2, -0.15) is 13.2 Å². The number of hydrogen-bond acceptors (Lipinski definition) is 3. The number of rotatable bonds is 3. The molecule has 4 nitrogen and oxygen atoms in total. The van der Waals surface area contributed by atoms with Crippen molar-refractivity contribution in [3.63, 3.8) is 0 Å². The van der Waals surface area contributed by atoms with Crippen LogP contribution >= 0.6 is 0 Å². The quantitative estimate of drug-likeness (QED) is 0.183. The van der Waals surface area contributed by atoms with E-state index in [4.69, 9.17) is 10.9 Å². The highest BCUT2D eigenvalue weighted by atomic mass is 19.4. The van der Waals surface area contributed by atoms with Crippen molar-refractivity contribution in [1.82, 2.24) is 0 Å². The Kier molecular flexibility index (Phi) is 5.19. The number of benzene rings is 3. The Morgan fingerprint density at radius 3 is 2.21 bits per heavy atom. The van der Waals surface area contributed by atoms with Crippen molar-refractivity contribution < 1.29 is 27.9 Å². The molecule has 3 rings (SSSR count). The summed E-state index contributed by atoms with van der Waals surface area (Å²) in [6.07, 6.45) is -4.70. The molecule has 0 atom stereocenters. The SMILES string of the molecule is Cc1ccc(F)cc1-c1c(/C(N)=N\O)cc(C(F)(F)F)cc1-c1ccc(O)cc1. The summed E-state index contributed by atoms with van der Waals surface area (Å²) in [7, 11) is 0. The van der Waals surface area contributed by atoms with E-state index in [-0.39, 0.29) is 22.4 Å². The number of hydrogen-bond donors (Lipinski definition) is 3. The van der Waals surface area contributed by atoms with Gasteiger partial charge in [0.15, 0.2) is 5.84 Å². The van der Waals surface area contributed by atoms with Crippen LogP contribution in [-0.4, -0.2) is 16.1 Å². The Hall–Kier alpha value is -3.55. The summed E-state index contributed by atoms with van der Waals surface area (Å²) in [5.41, 5.74) is 5.97. The smallest absolute Gasteiger partial charge is 0.416 e. The van der Waals surface area contributed by atoms with Gasteiger partial charge in [0, 0.05) is 11.1 Å². The van der Waals surface area contributed by atoms with Crippen molar-refractivity contribution in [3.8, 4) is 28.0 Å². The highest BCUT2D eigenvalue weighted by Crippen LogP contribution is 2.42. The number of aryl methyl sites for hydroxylation is 1. The van der Waals surface area contributed by atoms with Gasteiger partial charge in [-0.25, -0.2) is 4.39 Å². The summed E-state index contributed by atoms with van der Waals surface area (Å²) in [4.78, 5) is 0. The zero-order chi connectivity index (χ0) is 21.3. The lowest BCUT2D eigenvalue weighted by Crippen LogP contribution is -2.17. The number of oxime groups is 1. The van der Waals surface area contributed by atoms with Gasteiger partial charge in [0.2, 0.25) is 0 Å². The van der Waals surface area contributed by atoms with Crippen LogP contribution in [0.5, 0.6) is 5.75 Å². The van der Waals surface area contributed by atoms with Gasteiger partial charge in [0.05, 0.1) is 5.56 Å². The third-order valence-electron chi connectivity index (χ3n) is 4.50. The molecule has 0 heterocycles. The molecule has 29 heavy (non-hydrogen) atoms. The molecule has 0 saturated carbocycles. The lowest BCUT2D eigenvalue weighted by Gasteiger charge is -2.20. The van der Waals surface area contributed by atoms with E-state index in [0.717, 1.165) is 12.1 Å². The van der Waals surface area contributed by atoms with Crippen molar-refractivity contribution >= 4 is 5.84 Å². The maximum absolute atomic E-state index is 14.0. The molecule has 0 unspecified atom stereocenters. The lowest BCUT2D eigenvalue weighted by molar-refractivity contribution is -0.137. The van der Waals surface area contributed by atoms with Crippen LogP contribution in [0.3, 0.4) is 0 Å². The molecule has 150 valence electrons. The minimum Gasteiger partial charge on any atom is -0.508 e. The molecule has 8 heteroatoms. The van der Waals surface area contributed by atoms with Crippen LogP contribution in [0.2, 0.25) is 0 Å². The van der Waals surface area contributed by atoms with Gasteiger partial charge < -0.3 is 16.0 Å². The average molecular weight is 404 g/mol. The number of nitrogens with two attached hydrogens (primary N) is 1. The van der Waals surface area contributed by atoms with Crippen molar-refractivity contribution in [1.29, 1.82) is 0 Å². The Morgan fingerprint density at radius 1 is 0.966 bits per heavy atom. The van der Waals surface area contributed by atoms with Crippen LogP contribution in [0, 0.1) is 12.7 Å². The molecule has 0 radical (unpaired) electrons. The first-order valence-electron chi connectivity index (χ1n) is 8.41. The minimum absolute atomic E-state index is 0.0686. The minimum atomic E-state index is -4.70. The molecule has 0 aromatic heterocycles. The van der Waals surface area contributed by atoms with Gasteiger partial charge in [-0.15, -0.1) is 0 Å². The fourth-order valence-electron chi connectivity index (χ4n) is 3.08. The molecule has 0 saturated heterocycles. The molecular weight excluding hydrogens is 388 g/mol. The van der Waals surface area contributed by atoms with Gasteiger partial charge in [-0.05, 0) is 65.6 Å². The normalized spacial score (nSPS) is 12.2. The lowest BCUT2D eigenvalue weighted by atomic mass is 9.86. The fraction of sp³-hybridized carbons (Fsp3) is 0.0952. The first-order chi connectivity index (χ1) is 13.6. The first-order valence-corrected chi connectivity index (χ1v) is 8.41. The van der Waals surface area contributed by atoms with Gasteiger partial charge >= 0.3 is 6.18 Å². The van der Waals surface area contributed by atoms with Crippen LogP contribution in [0.4, 0.5) is 17.6 Å². The largest absolute Gasteiger partial charge is 0.508 e. The monoisotopic (exact) mass is 404 g/mol. The van der Waals surface area contributed by atoms with Crippen LogP contribution in [0.25, 0.3) is 22.3 Å². The second-order valence-corrected chi connectivity index (χ2v) is 6.44. The predicted octanol–water partition coefficient (Wildman–Crippen LogP) is 5.29. The standard InChI is InChI=1S/C21H16F4N2O2/c1-11-2-5-14(22)10-16(11)19-17(12-3-6-15(28)7-4-12)8-13(21(23,24)25)9-18(19)20(26)27-29/h2-10,28-29H,1H3,(H2,26,27). The van der Waals surface area contributed by atoms with E-state index in [1.165, 1.54) is 42.5 Å². The molecule has 0 spiro atoms. The number of nitrogens with zero attached hydrogens (tertiary/aromatic N) is 1. The third-order valence-corrected chi connectivity index (χ3v) is 4.50. The molecule has 0 aliphatic carbocycles. The van der Waals surface area contributed by atoms with E-state index >= 15 is 0 Å². The molecule has 0 amide bonds. The Balaban J connectivity index is 2.49. The van der Waals surface area contributed by atoms with E-state index in [1.54, 1.807) is 6.92 Å². The average Bonchev–Trinajstić information content (AvgIpc) is 2.68. The van der Waals surface area contributed by atoms with Gasteiger partial charge in [0.25, 0.3) is 0 Å². The maximum atomic E-state index is 14.0. The first kappa shape index (κ1) is 20.2. The topological polar surface area (TPSA) is 78.8 Å². The van der Waals surface area contributed by atoms with Crippen molar-refractivity contribution in [2.45, 2.75) is 13.1 Å². The molecule has 4 N–H and O–H groups in total. The summed E-state index contributed by atoms with van der Waals surface area (Å²) in [5.74, 6) is -1.21. The van der Waals surface area contributed by atoms with Crippen LogP contribution in [-0.2, 0) is 6.18 Å². The van der Waals surface area contributed by atoms with E-state index in [2.05, 4.69) is 5.16 Å². The molecule has 0 aliphatic rings. The molecule has 3 aromatic rings. The zero-order valence-electron chi connectivity index (χ0n) is 15.1. The molecule has 0 fully saturated rings. The van der Waals surface area contributed by atoms with Crippen LogP contribution in [0.15, 0.2) is 59.8 Å². The Bertz CT molecular complexity index is 1090. The van der Waals surface area contributed by atoms with Gasteiger partial charge in [0.1, 0.15) is 11.6 Å². The zero-order valence-corrected chi connectivity index (χ0v) is 15.1. The Morgan fingerprint density at radius 2 is 1.62 bits per heavy atom. The summed E-state index contributed by atoms with van der Waals surface area (Å²) < 4.78 is 54.6. The number of phenols is 1. The summed E-state index contributed by atoms with van der Waals surface area (Å²) in [6.45, 7) is 1.67. The molecular formula is C21H16F4N2O2. The van der Waals surface area contributed by atoms with Crippen LogP contribution in [0.1, 0.15) is 16.7 Å². The number of alkyl halides is 3. The summed E-state index contributed by atoms with van der Waals surface area (Å²) in [5, 5.41) is 21.5. The van der Waals surface area contributed by atoms with Gasteiger partial charge in [-0.1, -0.05) is 23.4 Å². The second kappa shape index (κ2) is 7.46. The summed E-state index contributed by atoms with van der Waals surface area (Å²) >= 11 is 0. The van der Waals surface area contributed by atoms with Crippen molar-refractivity contribution in [2.24, 2.45) is 10.9 Å². The predicted molar refractivity (Wildman–Crippen MR) is 101 cm³/mol. The summed E-state index contributed by atoms with van der Waals surface area (Å²) in [6, 6.07) is 11.1.